The first-order valence-electron chi connectivity index (χ1n) is 7.64. The average Bonchev–Trinajstić information content (AvgIpc) is 2.69. The van der Waals surface area contributed by atoms with Crippen molar-refractivity contribution in [3.8, 4) is 0 Å². The third-order valence-corrected chi connectivity index (χ3v) is 3.39. The normalized spacial score (nSPS) is 12.4. The van der Waals surface area contributed by atoms with Crippen molar-refractivity contribution in [3.05, 3.63) is 17.5 Å². The van der Waals surface area contributed by atoms with Gasteiger partial charge in [-0.1, -0.05) is 34.6 Å². The van der Waals surface area contributed by atoms with Crippen LogP contribution in [0.5, 0.6) is 0 Å². The zero-order chi connectivity index (χ0) is 14.5. The molecule has 0 aliphatic carbocycles. The zero-order valence-electron chi connectivity index (χ0n) is 13.6. The predicted molar refractivity (Wildman–Crippen MR) is 82.5 cm³/mol. The lowest BCUT2D eigenvalue weighted by molar-refractivity contribution is 0.321. The second-order valence-corrected chi connectivity index (χ2v) is 6.66. The Kier molecular flexibility index (Phi) is 6.05. The summed E-state index contributed by atoms with van der Waals surface area (Å²) in [6, 6.07) is 2.27. The molecule has 0 spiro atoms. The molecule has 1 aromatic rings. The molecule has 0 bridgehead atoms. The molecule has 0 radical (unpaired) electrons. The van der Waals surface area contributed by atoms with Crippen LogP contribution in [0.25, 0.3) is 0 Å². The van der Waals surface area contributed by atoms with Gasteiger partial charge in [0.25, 0.3) is 0 Å². The molecule has 1 N–H and O–H groups in total. The van der Waals surface area contributed by atoms with Gasteiger partial charge >= 0.3 is 0 Å². The van der Waals surface area contributed by atoms with Gasteiger partial charge in [-0.3, -0.25) is 4.68 Å². The Hall–Kier alpha value is -0.830. The third-order valence-electron chi connectivity index (χ3n) is 3.39. The summed E-state index contributed by atoms with van der Waals surface area (Å²) in [6.45, 7) is 16.6. The van der Waals surface area contributed by atoms with Crippen molar-refractivity contribution in [2.45, 2.75) is 60.9 Å². The van der Waals surface area contributed by atoms with Crippen LogP contribution < -0.4 is 5.32 Å². The van der Waals surface area contributed by atoms with Gasteiger partial charge in [0, 0.05) is 18.8 Å². The van der Waals surface area contributed by atoms with Gasteiger partial charge < -0.3 is 5.32 Å². The Morgan fingerprint density at radius 3 is 2.53 bits per heavy atom. The van der Waals surface area contributed by atoms with E-state index in [2.05, 4.69) is 62.7 Å². The number of hydrogen-bond donors (Lipinski definition) is 1. The molecule has 0 unspecified atom stereocenters. The minimum absolute atomic E-state index is 0.271. The van der Waals surface area contributed by atoms with Crippen molar-refractivity contribution in [2.75, 3.05) is 13.1 Å². The molecule has 1 rings (SSSR count). The highest BCUT2D eigenvalue weighted by Gasteiger charge is 2.21. The highest BCUT2D eigenvalue weighted by Crippen LogP contribution is 2.22. The zero-order valence-corrected chi connectivity index (χ0v) is 13.6. The van der Waals surface area contributed by atoms with Crippen LogP contribution in [-0.4, -0.2) is 22.9 Å². The van der Waals surface area contributed by atoms with E-state index in [-0.39, 0.29) is 5.41 Å². The second kappa shape index (κ2) is 7.09. The van der Waals surface area contributed by atoms with Crippen molar-refractivity contribution in [2.24, 2.45) is 11.3 Å². The van der Waals surface area contributed by atoms with Crippen LogP contribution >= 0.6 is 0 Å². The Morgan fingerprint density at radius 1 is 1.32 bits per heavy atom. The summed E-state index contributed by atoms with van der Waals surface area (Å²) in [6.07, 6.45) is 2.10. The van der Waals surface area contributed by atoms with Gasteiger partial charge in [0.15, 0.2) is 0 Å². The molecule has 0 aliphatic rings. The fourth-order valence-corrected chi connectivity index (χ4v) is 2.36. The Balaban J connectivity index is 2.63. The number of nitrogens with one attached hydrogen (secondary N) is 1. The number of aromatic nitrogens is 2. The number of rotatable bonds is 8. The molecule has 0 saturated heterocycles. The summed E-state index contributed by atoms with van der Waals surface area (Å²) in [5.74, 6) is 0.712. The van der Waals surface area contributed by atoms with Gasteiger partial charge in [0.1, 0.15) is 0 Å². The van der Waals surface area contributed by atoms with Gasteiger partial charge in [-0.15, -0.1) is 0 Å². The van der Waals surface area contributed by atoms with Crippen molar-refractivity contribution >= 4 is 0 Å². The molecule has 0 aromatic carbocycles. The lowest BCUT2D eigenvalue weighted by atomic mass is 9.87. The lowest BCUT2D eigenvalue weighted by Crippen LogP contribution is -2.33. The molecular formula is C16H31N3. The van der Waals surface area contributed by atoms with E-state index in [9.17, 15) is 0 Å². The van der Waals surface area contributed by atoms with Crippen LogP contribution in [0.15, 0.2) is 6.07 Å². The molecule has 1 aromatic heterocycles. The summed E-state index contributed by atoms with van der Waals surface area (Å²) in [7, 11) is 0. The molecule has 0 atom stereocenters. The van der Waals surface area contributed by atoms with Gasteiger partial charge in [0.05, 0.1) is 5.69 Å². The van der Waals surface area contributed by atoms with Gasteiger partial charge in [0.2, 0.25) is 0 Å². The predicted octanol–water partition coefficient (Wildman–Crippen LogP) is 3.28. The number of nitrogens with zero attached hydrogens (tertiary/aromatic N) is 2. The third kappa shape index (κ3) is 5.35. The molecule has 3 heteroatoms. The van der Waals surface area contributed by atoms with Crippen LogP contribution in [-0.2, 0) is 19.4 Å². The van der Waals surface area contributed by atoms with E-state index in [0.717, 1.165) is 32.5 Å². The largest absolute Gasteiger partial charge is 0.316 e. The first-order chi connectivity index (χ1) is 8.88. The number of aryl methyl sites for hydroxylation is 2. The number of hydrogen-bond acceptors (Lipinski definition) is 2. The van der Waals surface area contributed by atoms with Crippen LogP contribution in [0.4, 0.5) is 0 Å². The molecule has 0 aliphatic heterocycles. The van der Waals surface area contributed by atoms with E-state index in [4.69, 9.17) is 0 Å². The lowest BCUT2D eigenvalue weighted by Gasteiger charge is -2.26. The Bertz CT molecular complexity index is 377. The second-order valence-electron chi connectivity index (χ2n) is 6.66. The summed E-state index contributed by atoms with van der Waals surface area (Å²) in [5, 5.41) is 8.21. The maximum Gasteiger partial charge on any atom is 0.0624 e. The summed E-state index contributed by atoms with van der Waals surface area (Å²) >= 11 is 0. The molecule has 110 valence electrons. The minimum atomic E-state index is 0.271. The molecule has 0 fully saturated rings. The van der Waals surface area contributed by atoms with E-state index in [1.165, 1.54) is 11.4 Å². The monoisotopic (exact) mass is 265 g/mol. The molecule has 1 heterocycles. The van der Waals surface area contributed by atoms with Crippen molar-refractivity contribution < 1.29 is 0 Å². The van der Waals surface area contributed by atoms with E-state index in [0.29, 0.717) is 5.92 Å². The minimum Gasteiger partial charge on any atom is -0.316 e. The molecule has 19 heavy (non-hydrogen) atoms. The molecule has 0 saturated carbocycles. The highest BCUT2D eigenvalue weighted by atomic mass is 15.3. The summed E-state index contributed by atoms with van der Waals surface area (Å²) < 4.78 is 2.16. The van der Waals surface area contributed by atoms with Crippen molar-refractivity contribution in [3.63, 3.8) is 0 Å². The van der Waals surface area contributed by atoms with Crippen LogP contribution in [0.2, 0.25) is 0 Å². The fraction of sp³-hybridized carbons (Fsp3) is 0.812. The maximum atomic E-state index is 4.64. The molecular weight excluding hydrogens is 234 g/mol. The van der Waals surface area contributed by atoms with Crippen LogP contribution in [0.3, 0.4) is 0 Å². The fourth-order valence-electron chi connectivity index (χ4n) is 2.36. The topological polar surface area (TPSA) is 29.9 Å². The summed E-state index contributed by atoms with van der Waals surface area (Å²) in [5.41, 5.74) is 2.85. The highest BCUT2D eigenvalue weighted by molar-refractivity contribution is 5.12. The van der Waals surface area contributed by atoms with E-state index < -0.39 is 0 Å². The first-order valence-corrected chi connectivity index (χ1v) is 7.64. The molecule has 3 nitrogen and oxygen atoms in total. The summed E-state index contributed by atoms with van der Waals surface area (Å²) in [4.78, 5) is 0. The average molecular weight is 265 g/mol. The molecule has 0 amide bonds. The Labute approximate surface area is 118 Å². The van der Waals surface area contributed by atoms with Crippen LogP contribution in [0.1, 0.15) is 52.9 Å². The van der Waals surface area contributed by atoms with Gasteiger partial charge in [-0.2, -0.15) is 5.10 Å². The van der Waals surface area contributed by atoms with Crippen molar-refractivity contribution in [1.82, 2.24) is 15.1 Å². The quantitative estimate of drug-likeness (QED) is 0.782. The van der Waals surface area contributed by atoms with Gasteiger partial charge in [-0.25, -0.2) is 0 Å². The van der Waals surface area contributed by atoms with E-state index >= 15 is 0 Å². The van der Waals surface area contributed by atoms with E-state index in [1.807, 2.05) is 0 Å². The van der Waals surface area contributed by atoms with Crippen LogP contribution in [0, 0.1) is 11.3 Å². The first kappa shape index (κ1) is 16.2. The standard InChI is InChI=1S/C16H31N3/c1-7-14-9-15(19(8-2)18-14)10-16(5,6)12-17-11-13(3)4/h9,13,17H,7-8,10-12H2,1-6H3. The van der Waals surface area contributed by atoms with E-state index in [1.54, 1.807) is 0 Å². The SMILES string of the molecule is CCc1cc(CC(C)(C)CNCC(C)C)n(CC)n1. The maximum absolute atomic E-state index is 4.64. The van der Waals surface area contributed by atoms with Crippen molar-refractivity contribution in [1.29, 1.82) is 0 Å². The Morgan fingerprint density at radius 2 is 2.00 bits per heavy atom. The smallest absolute Gasteiger partial charge is 0.0624 e. The van der Waals surface area contributed by atoms with Gasteiger partial charge in [-0.05, 0) is 43.7 Å².